The van der Waals surface area contributed by atoms with E-state index in [-0.39, 0.29) is 11.3 Å². The molecule has 1 N–H and O–H groups in total. The molecule has 2 aliphatic rings. The lowest BCUT2D eigenvalue weighted by Gasteiger charge is -2.36. The molecule has 2 aromatic carbocycles. The Hall–Kier alpha value is -3.09. The van der Waals surface area contributed by atoms with Gasteiger partial charge >= 0.3 is 5.97 Å². The van der Waals surface area contributed by atoms with E-state index in [0.29, 0.717) is 13.1 Å². The molecule has 0 spiro atoms. The van der Waals surface area contributed by atoms with Crippen LogP contribution in [0.3, 0.4) is 0 Å². The zero-order valence-electron chi connectivity index (χ0n) is 18.5. The third-order valence-electron chi connectivity index (χ3n) is 7.11. The Labute approximate surface area is 196 Å². The number of aliphatic carboxylic acids is 1. The maximum absolute atomic E-state index is 11.0. The molecule has 0 bridgehead atoms. The summed E-state index contributed by atoms with van der Waals surface area (Å²) in [6.45, 7) is 4.18. The maximum atomic E-state index is 11.0. The van der Waals surface area contributed by atoms with Crippen molar-refractivity contribution in [3.05, 3.63) is 83.0 Å². The second kappa shape index (κ2) is 7.75. The summed E-state index contributed by atoms with van der Waals surface area (Å²) in [6.07, 6.45) is 2.29. The molecular weight excluding hydrogens is 430 g/mol. The van der Waals surface area contributed by atoms with Gasteiger partial charge < -0.3 is 5.11 Å². The molecule has 0 radical (unpaired) electrons. The number of hydrogen-bond acceptors (Lipinski definition) is 5. The fraction of sp³-hybridized carbons (Fsp3) is 0.296. The molecule has 2 fully saturated rings. The van der Waals surface area contributed by atoms with Crippen molar-refractivity contribution in [3.8, 4) is 10.6 Å². The number of rotatable bonds is 6. The molecule has 0 amide bonds. The summed E-state index contributed by atoms with van der Waals surface area (Å²) in [4.78, 5) is 24.1. The second-order valence-corrected chi connectivity index (χ2v) is 10.3. The average molecular weight is 456 g/mol. The van der Waals surface area contributed by atoms with E-state index < -0.39 is 5.97 Å². The zero-order valence-corrected chi connectivity index (χ0v) is 19.3. The molecule has 2 aromatic heterocycles. The van der Waals surface area contributed by atoms with Crippen LogP contribution in [0, 0.1) is 12.8 Å². The summed E-state index contributed by atoms with van der Waals surface area (Å²) >= 11 is 1.65. The van der Waals surface area contributed by atoms with Crippen LogP contribution in [0.4, 0.5) is 0 Å². The van der Waals surface area contributed by atoms with Gasteiger partial charge in [-0.05, 0) is 54.7 Å². The largest absolute Gasteiger partial charge is 0.481 e. The minimum Gasteiger partial charge on any atom is -0.481 e. The molecule has 5 nitrogen and oxygen atoms in total. The van der Waals surface area contributed by atoms with E-state index in [1.807, 2.05) is 0 Å². The molecule has 6 rings (SSSR count). The van der Waals surface area contributed by atoms with Gasteiger partial charge in [0.25, 0.3) is 0 Å². The first-order chi connectivity index (χ1) is 16.0. The van der Waals surface area contributed by atoms with Crippen molar-refractivity contribution in [2.24, 2.45) is 5.92 Å². The van der Waals surface area contributed by atoms with Gasteiger partial charge in [0.05, 0.1) is 11.6 Å². The number of nitrogens with zero attached hydrogens (tertiary/aromatic N) is 3. The van der Waals surface area contributed by atoms with Crippen LogP contribution < -0.4 is 0 Å². The Balaban J connectivity index is 1.24. The molecule has 6 heteroatoms. The molecule has 1 saturated heterocycles. The molecule has 4 aromatic rings. The third-order valence-corrected chi connectivity index (χ3v) is 8.13. The molecule has 1 aliphatic heterocycles. The highest BCUT2D eigenvalue weighted by molar-refractivity contribution is 7.21. The van der Waals surface area contributed by atoms with Crippen LogP contribution in [0.15, 0.2) is 60.7 Å². The highest BCUT2D eigenvalue weighted by atomic mass is 32.1. The number of aryl methyl sites for hydroxylation is 1. The van der Waals surface area contributed by atoms with Gasteiger partial charge in [-0.2, -0.15) is 0 Å². The molecule has 33 heavy (non-hydrogen) atoms. The summed E-state index contributed by atoms with van der Waals surface area (Å²) in [5, 5.41) is 10.1. The molecular formula is C27H25N3O2S. The number of carboxylic acid groups (broad SMARTS) is 1. The van der Waals surface area contributed by atoms with Crippen LogP contribution in [0.5, 0.6) is 0 Å². The third kappa shape index (κ3) is 3.63. The fourth-order valence-corrected chi connectivity index (χ4v) is 5.82. The van der Waals surface area contributed by atoms with Gasteiger partial charge in [-0.3, -0.25) is 9.69 Å². The summed E-state index contributed by atoms with van der Waals surface area (Å²) in [5.41, 5.74) is 7.07. The Kier molecular flexibility index (Phi) is 4.82. The van der Waals surface area contributed by atoms with E-state index in [4.69, 9.17) is 15.1 Å². The van der Waals surface area contributed by atoms with E-state index in [9.17, 15) is 4.79 Å². The van der Waals surface area contributed by atoms with E-state index in [1.54, 1.807) is 11.3 Å². The topological polar surface area (TPSA) is 66.3 Å². The van der Waals surface area contributed by atoms with E-state index in [2.05, 4.69) is 72.5 Å². The van der Waals surface area contributed by atoms with Crippen molar-refractivity contribution in [2.45, 2.75) is 31.7 Å². The van der Waals surface area contributed by atoms with Crippen LogP contribution in [0.1, 0.15) is 35.2 Å². The fourth-order valence-electron chi connectivity index (χ4n) is 4.88. The SMILES string of the molecule is Cc1cc(-c2nc3ccc(C4(c5ccccc5)CC4)nc3s2)ccc1CN1CC(C(=O)O)C1. The second-order valence-electron chi connectivity index (χ2n) is 9.36. The maximum Gasteiger partial charge on any atom is 0.309 e. The minimum absolute atomic E-state index is 0.0638. The van der Waals surface area contributed by atoms with Gasteiger partial charge in [-0.1, -0.05) is 53.8 Å². The monoisotopic (exact) mass is 455 g/mol. The molecule has 0 unspecified atom stereocenters. The van der Waals surface area contributed by atoms with Crippen molar-refractivity contribution in [2.75, 3.05) is 13.1 Å². The number of pyridine rings is 1. The van der Waals surface area contributed by atoms with Crippen LogP contribution in [0.2, 0.25) is 0 Å². The van der Waals surface area contributed by atoms with Crippen LogP contribution in [-0.4, -0.2) is 39.0 Å². The summed E-state index contributed by atoms with van der Waals surface area (Å²) < 4.78 is 0. The van der Waals surface area contributed by atoms with Gasteiger partial charge in [0.2, 0.25) is 0 Å². The smallest absolute Gasteiger partial charge is 0.309 e. The first kappa shape index (κ1) is 20.5. The average Bonchev–Trinajstić information content (AvgIpc) is 3.49. The number of likely N-dealkylation sites (tertiary alicyclic amines) is 1. The number of hydrogen-bond donors (Lipinski definition) is 1. The van der Waals surface area contributed by atoms with Gasteiger partial charge in [-0.25, -0.2) is 9.97 Å². The van der Waals surface area contributed by atoms with E-state index >= 15 is 0 Å². The standard InChI is InChI=1S/C27H25N3O2S/c1-17-13-18(7-8-19(17)14-30-15-20(16-30)26(31)32)24-28-22-9-10-23(29-25(22)33-24)27(11-12-27)21-5-3-2-4-6-21/h2-10,13,20H,11-12,14-16H2,1H3,(H,31,32). The molecule has 166 valence electrons. The Morgan fingerprint density at radius 1 is 1.09 bits per heavy atom. The first-order valence-corrected chi connectivity index (χ1v) is 12.2. The predicted octanol–water partition coefficient (Wildman–Crippen LogP) is 5.26. The van der Waals surface area contributed by atoms with E-state index in [0.717, 1.165) is 46.0 Å². The van der Waals surface area contributed by atoms with Gasteiger partial charge in [-0.15, -0.1) is 0 Å². The van der Waals surface area contributed by atoms with Gasteiger partial charge in [0.15, 0.2) is 0 Å². The number of fused-ring (bicyclic) bond motifs is 1. The van der Waals surface area contributed by atoms with E-state index in [1.165, 1.54) is 16.7 Å². The lowest BCUT2D eigenvalue weighted by Crippen LogP contribution is -2.49. The Morgan fingerprint density at radius 3 is 2.58 bits per heavy atom. The molecule has 1 saturated carbocycles. The number of benzene rings is 2. The van der Waals surface area contributed by atoms with Crippen molar-refractivity contribution < 1.29 is 9.90 Å². The number of thiazole rings is 1. The van der Waals surface area contributed by atoms with Crippen molar-refractivity contribution >= 4 is 27.7 Å². The number of carboxylic acids is 1. The van der Waals surface area contributed by atoms with Gasteiger partial charge in [0.1, 0.15) is 15.4 Å². The zero-order chi connectivity index (χ0) is 22.6. The Morgan fingerprint density at radius 2 is 1.88 bits per heavy atom. The lowest BCUT2D eigenvalue weighted by molar-refractivity contribution is -0.147. The highest BCUT2D eigenvalue weighted by Gasteiger charge is 2.47. The van der Waals surface area contributed by atoms with Crippen molar-refractivity contribution in [1.29, 1.82) is 0 Å². The first-order valence-electron chi connectivity index (χ1n) is 11.4. The van der Waals surface area contributed by atoms with Crippen LogP contribution in [-0.2, 0) is 16.8 Å². The van der Waals surface area contributed by atoms with Crippen molar-refractivity contribution in [3.63, 3.8) is 0 Å². The number of carbonyl (C=O) groups is 1. The highest BCUT2D eigenvalue weighted by Crippen LogP contribution is 2.53. The molecule has 1 aliphatic carbocycles. The molecule has 0 atom stereocenters. The van der Waals surface area contributed by atoms with Gasteiger partial charge in [0, 0.05) is 30.6 Å². The van der Waals surface area contributed by atoms with Crippen LogP contribution >= 0.6 is 11.3 Å². The van der Waals surface area contributed by atoms with Crippen LogP contribution in [0.25, 0.3) is 20.9 Å². The summed E-state index contributed by atoms with van der Waals surface area (Å²) in [6, 6.07) is 21.4. The number of aromatic nitrogens is 2. The normalized spacial score (nSPS) is 17.7. The molecule has 3 heterocycles. The Bertz CT molecular complexity index is 1350. The van der Waals surface area contributed by atoms with Crippen molar-refractivity contribution in [1.82, 2.24) is 14.9 Å². The summed E-state index contributed by atoms with van der Waals surface area (Å²) in [7, 11) is 0. The lowest BCUT2D eigenvalue weighted by atomic mass is 9.92. The minimum atomic E-state index is -0.692. The quantitative estimate of drug-likeness (QED) is 0.429. The summed E-state index contributed by atoms with van der Waals surface area (Å²) in [5.74, 6) is -0.913. The predicted molar refractivity (Wildman–Crippen MR) is 130 cm³/mol.